The molecule has 1 aliphatic heterocycles. The Balaban J connectivity index is 2.00. The lowest BCUT2D eigenvalue weighted by Crippen LogP contribution is -2.08. The Hall–Kier alpha value is -0.0151. The van der Waals surface area contributed by atoms with Gasteiger partial charge in [-0.25, -0.2) is 6.32 Å². The van der Waals surface area contributed by atoms with Gasteiger partial charge in [-0.3, -0.25) is 4.89 Å². The van der Waals surface area contributed by atoms with Gasteiger partial charge in [-0.2, -0.15) is 0 Å². The van der Waals surface area contributed by atoms with Gasteiger partial charge in [-0.1, -0.05) is 6.42 Å². The number of hydrogen-bond acceptors (Lipinski definition) is 2. The fourth-order valence-electron chi connectivity index (χ4n) is 0.370. The summed E-state index contributed by atoms with van der Waals surface area (Å²) in [7, 11) is 1.67. The van der Waals surface area contributed by atoms with E-state index >= 15 is 0 Å². The second-order valence-electron chi connectivity index (χ2n) is 1.23. The van der Waals surface area contributed by atoms with E-state index in [4.69, 9.17) is 0 Å². The van der Waals surface area contributed by atoms with Crippen LogP contribution in [0.4, 0.5) is 0 Å². The van der Waals surface area contributed by atoms with Crippen molar-refractivity contribution in [3.05, 3.63) is 0 Å². The Morgan fingerprint density at radius 3 is 2.67 bits per heavy atom. The van der Waals surface area contributed by atoms with Crippen LogP contribution in [0.5, 0.6) is 0 Å². The topological polar surface area (TPSA) is 18.5 Å². The van der Waals surface area contributed by atoms with Crippen LogP contribution in [-0.2, 0) is 9.69 Å². The predicted octanol–water partition coefficient (Wildman–Crippen LogP) is 0.376. The van der Waals surface area contributed by atoms with Gasteiger partial charge >= 0.3 is 0 Å². The molecule has 0 amide bonds. The average molecular weight is 84.9 g/mol. The summed E-state index contributed by atoms with van der Waals surface area (Å²) in [6.45, 7) is 0.747. The molecular formula is C3H6BO2-. The largest absolute Gasteiger partial charge is 0.532 e. The van der Waals surface area contributed by atoms with E-state index < -0.39 is 0 Å². The highest BCUT2D eigenvalue weighted by Crippen LogP contribution is 1.96. The SMILES string of the molecule is [B-]1CCCOO1. The Labute approximate surface area is 37.6 Å². The van der Waals surface area contributed by atoms with Gasteiger partial charge in [0.2, 0.25) is 0 Å². The third-order valence-electron chi connectivity index (χ3n) is 0.686. The quantitative estimate of drug-likeness (QED) is 0.312. The summed E-state index contributed by atoms with van der Waals surface area (Å²) in [5, 5.41) is 0. The van der Waals surface area contributed by atoms with Crippen molar-refractivity contribution >= 4 is 7.48 Å². The lowest BCUT2D eigenvalue weighted by atomic mass is 9.93. The molecule has 0 aromatic rings. The van der Waals surface area contributed by atoms with Crippen molar-refractivity contribution in [2.24, 2.45) is 0 Å². The molecule has 0 saturated carbocycles. The highest BCUT2D eigenvalue weighted by atomic mass is 17.2. The molecule has 0 N–H and O–H groups in total. The Kier molecular flexibility index (Phi) is 1.53. The minimum Gasteiger partial charge on any atom is -0.532 e. The Morgan fingerprint density at radius 1 is 1.50 bits per heavy atom. The number of rotatable bonds is 0. The maximum atomic E-state index is 4.51. The van der Waals surface area contributed by atoms with Gasteiger partial charge in [-0.05, 0) is 0 Å². The number of hydrogen-bond donors (Lipinski definition) is 0. The molecule has 1 aliphatic rings. The summed E-state index contributed by atoms with van der Waals surface area (Å²) in [4.78, 5) is 8.96. The highest BCUT2D eigenvalue weighted by Gasteiger charge is 1.84. The zero-order valence-corrected chi connectivity index (χ0v) is 3.52. The van der Waals surface area contributed by atoms with Crippen molar-refractivity contribution in [1.82, 2.24) is 0 Å². The molecule has 0 bridgehead atoms. The van der Waals surface area contributed by atoms with E-state index in [0.29, 0.717) is 0 Å². The van der Waals surface area contributed by atoms with E-state index in [1.807, 2.05) is 0 Å². The molecule has 0 spiro atoms. The van der Waals surface area contributed by atoms with Crippen molar-refractivity contribution in [3.8, 4) is 0 Å². The van der Waals surface area contributed by atoms with Gasteiger partial charge < -0.3 is 4.81 Å². The van der Waals surface area contributed by atoms with Crippen LogP contribution in [0.25, 0.3) is 0 Å². The first-order valence-electron chi connectivity index (χ1n) is 2.10. The third kappa shape index (κ3) is 0.991. The zero-order chi connectivity index (χ0) is 4.24. The molecule has 0 aromatic heterocycles. The second-order valence-corrected chi connectivity index (χ2v) is 1.23. The van der Waals surface area contributed by atoms with E-state index in [1.54, 1.807) is 7.48 Å². The molecule has 0 aliphatic carbocycles. The van der Waals surface area contributed by atoms with E-state index in [1.165, 1.54) is 0 Å². The molecule has 6 heavy (non-hydrogen) atoms. The van der Waals surface area contributed by atoms with Crippen LogP contribution in [0.2, 0.25) is 6.32 Å². The second kappa shape index (κ2) is 2.21. The summed E-state index contributed by atoms with van der Waals surface area (Å²) in [5.74, 6) is 0. The smallest absolute Gasteiger partial charge is 0.0736 e. The van der Waals surface area contributed by atoms with Crippen LogP contribution >= 0.6 is 0 Å². The first kappa shape index (κ1) is 4.15. The Bertz CT molecular complexity index is 24.3. The van der Waals surface area contributed by atoms with Crippen LogP contribution in [0.15, 0.2) is 0 Å². The van der Waals surface area contributed by atoms with Crippen LogP contribution in [0, 0.1) is 0 Å². The summed E-state index contributed by atoms with van der Waals surface area (Å²) < 4.78 is 0. The van der Waals surface area contributed by atoms with Crippen molar-refractivity contribution < 1.29 is 9.69 Å². The molecule has 0 atom stereocenters. The first-order chi connectivity index (χ1) is 3.00. The van der Waals surface area contributed by atoms with Crippen molar-refractivity contribution in [2.75, 3.05) is 6.61 Å². The molecule has 0 aromatic carbocycles. The van der Waals surface area contributed by atoms with Gasteiger partial charge in [0.15, 0.2) is 0 Å². The van der Waals surface area contributed by atoms with Crippen molar-refractivity contribution in [3.63, 3.8) is 0 Å². The summed E-state index contributed by atoms with van der Waals surface area (Å²) >= 11 is 0. The van der Waals surface area contributed by atoms with E-state index in [-0.39, 0.29) is 0 Å². The maximum absolute atomic E-state index is 4.51. The standard InChI is InChI=1S/C3H6BO2/c1-2-4-6-5-3-1/h1-3H2/q-1. The van der Waals surface area contributed by atoms with Gasteiger partial charge in [0.25, 0.3) is 0 Å². The monoisotopic (exact) mass is 85.0 g/mol. The molecule has 1 rings (SSSR count). The van der Waals surface area contributed by atoms with Gasteiger partial charge in [0, 0.05) is 0 Å². The predicted molar refractivity (Wildman–Crippen MR) is 22.2 cm³/mol. The van der Waals surface area contributed by atoms with E-state index in [2.05, 4.69) is 9.69 Å². The normalized spacial score (nSPS) is 24.0. The molecule has 1 fully saturated rings. The molecule has 1 heterocycles. The fourth-order valence-corrected chi connectivity index (χ4v) is 0.370. The van der Waals surface area contributed by atoms with E-state index in [9.17, 15) is 0 Å². The lowest BCUT2D eigenvalue weighted by Gasteiger charge is -2.22. The summed E-state index contributed by atoms with van der Waals surface area (Å²) in [5.41, 5.74) is 0. The molecular weight excluding hydrogens is 78.8 g/mol. The van der Waals surface area contributed by atoms with Crippen LogP contribution < -0.4 is 0 Å². The van der Waals surface area contributed by atoms with Gasteiger partial charge in [0.05, 0.1) is 6.61 Å². The zero-order valence-electron chi connectivity index (χ0n) is 3.52. The van der Waals surface area contributed by atoms with Crippen LogP contribution in [-0.4, -0.2) is 14.1 Å². The lowest BCUT2D eigenvalue weighted by molar-refractivity contribution is -0.216. The van der Waals surface area contributed by atoms with Gasteiger partial charge in [-0.15, -0.1) is 7.48 Å². The summed E-state index contributed by atoms with van der Waals surface area (Å²) in [6.07, 6.45) is 2.12. The fraction of sp³-hybridized carbons (Fsp3) is 1.00. The Morgan fingerprint density at radius 2 is 2.50 bits per heavy atom. The molecule has 3 heteroatoms. The summed E-state index contributed by atoms with van der Waals surface area (Å²) in [6, 6.07) is 0. The van der Waals surface area contributed by atoms with Crippen LogP contribution in [0.3, 0.4) is 0 Å². The van der Waals surface area contributed by atoms with Crippen molar-refractivity contribution in [1.29, 1.82) is 0 Å². The molecule has 2 radical (unpaired) electrons. The molecule has 1 saturated heterocycles. The van der Waals surface area contributed by atoms with E-state index in [0.717, 1.165) is 19.3 Å². The third-order valence-corrected chi connectivity index (χ3v) is 0.686. The minimum absolute atomic E-state index is 0.747. The first-order valence-corrected chi connectivity index (χ1v) is 2.10. The van der Waals surface area contributed by atoms with Gasteiger partial charge in [0.1, 0.15) is 0 Å². The minimum atomic E-state index is 0.747. The molecule has 2 nitrogen and oxygen atoms in total. The molecule has 0 unspecified atom stereocenters. The molecule has 34 valence electrons. The highest BCUT2D eigenvalue weighted by molar-refractivity contribution is 6.26. The van der Waals surface area contributed by atoms with Crippen molar-refractivity contribution in [2.45, 2.75) is 12.7 Å². The average Bonchev–Trinajstić information content (AvgIpc) is 1.72. The maximum Gasteiger partial charge on any atom is 0.0736 e. The van der Waals surface area contributed by atoms with Crippen LogP contribution in [0.1, 0.15) is 6.42 Å².